The minimum atomic E-state index is -0.128. The Morgan fingerprint density at radius 3 is 2.76 bits per heavy atom. The van der Waals surface area contributed by atoms with E-state index >= 15 is 0 Å². The van der Waals surface area contributed by atoms with Crippen molar-refractivity contribution in [1.82, 2.24) is 5.32 Å². The van der Waals surface area contributed by atoms with Crippen LogP contribution in [-0.2, 0) is 10.2 Å². The monoisotopic (exact) mass is 303 g/mol. The van der Waals surface area contributed by atoms with Gasteiger partial charge in [0.25, 0.3) is 5.91 Å². The highest BCUT2D eigenvalue weighted by molar-refractivity contribution is 7.10. The predicted molar refractivity (Wildman–Crippen MR) is 80.5 cm³/mol. The van der Waals surface area contributed by atoms with Gasteiger partial charge >= 0.3 is 0 Å². The van der Waals surface area contributed by atoms with Gasteiger partial charge in [0.05, 0.1) is 11.8 Å². The van der Waals surface area contributed by atoms with Crippen molar-refractivity contribution in [3.05, 3.63) is 46.5 Å². The summed E-state index contributed by atoms with van der Waals surface area (Å²) < 4.78 is 4.94. The van der Waals surface area contributed by atoms with Gasteiger partial charge in [-0.3, -0.25) is 9.59 Å². The number of furan rings is 1. The van der Waals surface area contributed by atoms with Crippen molar-refractivity contribution in [2.45, 2.75) is 31.1 Å². The Bertz CT molecular complexity index is 606. The number of carbonyl (C=O) groups is 2. The maximum atomic E-state index is 12.1. The molecule has 0 unspecified atom stereocenters. The molecule has 5 heteroatoms. The maximum absolute atomic E-state index is 12.1. The Labute approximate surface area is 127 Å². The van der Waals surface area contributed by atoms with E-state index in [0.717, 1.165) is 12.8 Å². The summed E-state index contributed by atoms with van der Waals surface area (Å²) in [5.41, 5.74) is 0.421. The smallest absolute Gasteiger partial charge is 0.254 e. The zero-order valence-corrected chi connectivity index (χ0v) is 12.4. The summed E-state index contributed by atoms with van der Waals surface area (Å²) in [4.78, 5) is 24.9. The van der Waals surface area contributed by atoms with Crippen LogP contribution in [0.25, 0.3) is 0 Å². The second kappa shape index (κ2) is 5.85. The molecule has 0 aromatic carbocycles. The summed E-state index contributed by atoms with van der Waals surface area (Å²) in [6, 6.07) is 5.78. The number of ketones is 1. The first-order valence-corrected chi connectivity index (χ1v) is 7.94. The molecular formula is C16H17NO3S. The number of rotatable bonds is 4. The number of carbonyl (C=O) groups excluding carboxylic acids is 2. The summed E-state index contributed by atoms with van der Waals surface area (Å²) in [6.45, 7) is 0.560. The lowest BCUT2D eigenvalue weighted by Gasteiger charge is -2.36. The van der Waals surface area contributed by atoms with Gasteiger partial charge in [-0.25, -0.2) is 0 Å². The van der Waals surface area contributed by atoms with Crippen molar-refractivity contribution in [1.29, 1.82) is 0 Å². The highest BCUT2D eigenvalue weighted by atomic mass is 32.1. The first-order chi connectivity index (χ1) is 10.2. The summed E-state index contributed by atoms with van der Waals surface area (Å²) in [7, 11) is 0. The summed E-state index contributed by atoms with van der Waals surface area (Å²) >= 11 is 1.70. The van der Waals surface area contributed by atoms with Crippen molar-refractivity contribution < 1.29 is 14.0 Å². The highest BCUT2D eigenvalue weighted by Gasteiger charge is 2.37. The molecule has 2 aromatic heterocycles. The van der Waals surface area contributed by atoms with Crippen LogP contribution in [0.2, 0.25) is 0 Å². The zero-order valence-electron chi connectivity index (χ0n) is 11.6. The van der Waals surface area contributed by atoms with Gasteiger partial charge in [-0.2, -0.15) is 0 Å². The van der Waals surface area contributed by atoms with Gasteiger partial charge in [0.15, 0.2) is 0 Å². The quantitative estimate of drug-likeness (QED) is 0.944. The Kier molecular flexibility index (Phi) is 3.92. The molecular weight excluding hydrogens is 286 g/mol. The lowest BCUT2D eigenvalue weighted by atomic mass is 9.72. The molecule has 0 bridgehead atoms. The van der Waals surface area contributed by atoms with Crippen LogP contribution in [-0.4, -0.2) is 18.2 Å². The standard InChI is InChI=1S/C16H17NO3S/c18-13-3-6-16(7-4-13,14-2-1-9-21-14)11-17-15(19)12-5-8-20-10-12/h1-2,5,8-10H,3-4,6-7,11H2,(H,17,19). The Morgan fingerprint density at radius 1 is 1.33 bits per heavy atom. The van der Waals surface area contributed by atoms with E-state index in [4.69, 9.17) is 4.42 Å². The summed E-state index contributed by atoms with van der Waals surface area (Å²) in [5.74, 6) is 0.194. The van der Waals surface area contributed by atoms with Gasteiger partial charge in [0.2, 0.25) is 0 Å². The zero-order chi connectivity index (χ0) is 14.7. The Balaban J connectivity index is 1.74. The fourth-order valence-electron chi connectivity index (χ4n) is 2.84. The predicted octanol–water partition coefficient (Wildman–Crippen LogP) is 3.15. The summed E-state index contributed by atoms with van der Waals surface area (Å²) in [6.07, 6.45) is 5.73. The molecule has 1 aliphatic carbocycles. The first kappa shape index (κ1) is 14.1. The normalized spacial score (nSPS) is 17.6. The van der Waals surface area contributed by atoms with Gasteiger partial charge in [-0.15, -0.1) is 11.3 Å². The van der Waals surface area contributed by atoms with Gasteiger partial charge in [0.1, 0.15) is 12.0 Å². The SMILES string of the molecule is O=C1CCC(CNC(=O)c2ccoc2)(c2cccs2)CC1. The van der Waals surface area contributed by atoms with E-state index in [1.807, 2.05) is 11.4 Å². The molecule has 1 N–H and O–H groups in total. The molecule has 110 valence electrons. The average molecular weight is 303 g/mol. The van der Waals surface area contributed by atoms with E-state index in [0.29, 0.717) is 30.7 Å². The molecule has 1 saturated carbocycles. The number of Topliss-reactive ketones (excluding diaryl/α,β-unsaturated/α-hetero) is 1. The van der Waals surface area contributed by atoms with Crippen LogP contribution >= 0.6 is 11.3 Å². The second-order valence-corrected chi connectivity index (χ2v) is 6.44. The third-order valence-corrected chi connectivity index (χ3v) is 5.30. The van der Waals surface area contributed by atoms with Crippen molar-refractivity contribution in [3.63, 3.8) is 0 Å². The number of hydrogen-bond acceptors (Lipinski definition) is 4. The molecule has 0 spiro atoms. The Morgan fingerprint density at radius 2 is 2.14 bits per heavy atom. The topological polar surface area (TPSA) is 59.3 Å². The molecule has 0 radical (unpaired) electrons. The largest absolute Gasteiger partial charge is 0.472 e. The second-order valence-electron chi connectivity index (χ2n) is 5.49. The number of hydrogen-bond donors (Lipinski definition) is 1. The molecule has 4 nitrogen and oxygen atoms in total. The number of nitrogens with one attached hydrogen (secondary N) is 1. The van der Waals surface area contributed by atoms with E-state index in [2.05, 4.69) is 11.4 Å². The lowest BCUT2D eigenvalue weighted by Crippen LogP contribution is -2.43. The molecule has 0 saturated heterocycles. The highest BCUT2D eigenvalue weighted by Crippen LogP contribution is 2.40. The molecule has 1 fully saturated rings. The van der Waals surface area contributed by atoms with E-state index in [1.54, 1.807) is 17.4 Å². The molecule has 2 heterocycles. The van der Waals surface area contributed by atoms with E-state index in [9.17, 15) is 9.59 Å². The van der Waals surface area contributed by atoms with Crippen LogP contribution in [0.4, 0.5) is 0 Å². The minimum Gasteiger partial charge on any atom is -0.472 e. The van der Waals surface area contributed by atoms with Crippen LogP contribution in [0.3, 0.4) is 0 Å². The van der Waals surface area contributed by atoms with Crippen LogP contribution in [0.15, 0.2) is 40.5 Å². The van der Waals surface area contributed by atoms with E-state index in [1.165, 1.54) is 17.4 Å². The van der Waals surface area contributed by atoms with Crippen molar-refractivity contribution in [2.24, 2.45) is 0 Å². The third-order valence-electron chi connectivity index (χ3n) is 4.18. The molecule has 1 amide bonds. The van der Waals surface area contributed by atoms with Gasteiger partial charge in [-0.1, -0.05) is 6.07 Å². The van der Waals surface area contributed by atoms with Crippen LogP contribution in [0, 0.1) is 0 Å². The van der Waals surface area contributed by atoms with Crippen molar-refractivity contribution >= 4 is 23.0 Å². The Hall–Kier alpha value is -1.88. The van der Waals surface area contributed by atoms with Crippen LogP contribution < -0.4 is 5.32 Å². The molecule has 2 aromatic rings. The van der Waals surface area contributed by atoms with Gasteiger partial charge in [-0.05, 0) is 30.4 Å². The number of amides is 1. The number of thiophene rings is 1. The summed E-state index contributed by atoms with van der Waals surface area (Å²) in [5, 5.41) is 5.04. The minimum absolute atomic E-state index is 0.110. The molecule has 1 aliphatic rings. The van der Waals surface area contributed by atoms with Crippen LogP contribution in [0.1, 0.15) is 40.9 Å². The van der Waals surface area contributed by atoms with Gasteiger partial charge in [0, 0.05) is 29.7 Å². The fourth-order valence-corrected chi connectivity index (χ4v) is 3.83. The molecule has 0 atom stereocenters. The molecule has 0 aliphatic heterocycles. The maximum Gasteiger partial charge on any atom is 0.254 e. The van der Waals surface area contributed by atoms with Crippen LogP contribution in [0.5, 0.6) is 0 Å². The van der Waals surface area contributed by atoms with Crippen molar-refractivity contribution in [3.8, 4) is 0 Å². The molecule has 3 rings (SSSR count). The fraction of sp³-hybridized carbons (Fsp3) is 0.375. The third kappa shape index (κ3) is 2.93. The first-order valence-electron chi connectivity index (χ1n) is 7.06. The lowest BCUT2D eigenvalue weighted by molar-refractivity contribution is -0.121. The molecule has 21 heavy (non-hydrogen) atoms. The van der Waals surface area contributed by atoms with Gasteiger partial charge < -0.3 is 9.73 Å². The average Bonchev–Trinajstić information content (AvgIpc) is 3.20. The van der Waals surface area contributed by atoms with E-state index in [-0.39, 0.29) is 11.3 Å². The van der Waals surface area contributed by atoms with Crippen molar-refractivity contribution in [2.75, 3.05) is 6.54 Å². The van der Waals surface area contributed by atoms with E-state index < -0.39 is 0 Å².